The van der Waals surface area contributed by atoms with Crippen molar-refractivity contribution in [3.63, 3.8) is 0 Å². The first-order valence-electron chi connectivity index (χ1n) is 20.7. The molecule has 2 aromatic heterocycles. The van der Waals surface area contributed by atoms with Gasteiger partial charge in [0.25, 0.3) is 0 Å². The number of aliphatic carboxylic acids is 2. The van der Waals surface area contributed by atoms with E-state index in [0.29, 0.717) is 11.8 Å². The number of halogens is 2. The summed E-state index contributed by atoms with van der Waals surface area (Å²) in [4.78, 5) is 31.0. The quantitative estimate of drug-likeness (QED) is 0.0843. The molecule has 0 aliphatic heterocycles. The van der Waals surface area contributed by atoms with Crippen LogP contribution >= 0.6 is 0 Å². The van der Waals surface area contributed by atoms with E-state index in [1.165, 1.54) is 24.3 Å². The fourth-order valence-corrected chi connectivity index (χ4v) is 7.70. The van der Waals surface area contributed by atoms with Gasteiger partial charge in [-0.2, -0.15) is 0 Å². The van der Waals surface area contributed by atoms with Crippen LogP contribution in [0.4, 0.5) is 8.78 Å². The number of benzene rings is 4. The summed E-state index contributed by atoms with van der Waals surface area (Å²) in [7, 11) is 0. The Morgan fingerprint density at radius 1 is 0.587 bits per heavy atom. The molecule has 13 heteroatoms. The average molecular weight is 881 g/mol. The van der Waals surface area contributed by atoms with E-state index in [1.54, 1.807) is 48.6 Å². The Morgan fingerprint density at radius 2 is 0.937 bits per heavy atom. The van der Waals surface area contributed by atoms with Crippen LogP contribution in [0.25, 0.3) is 56.2 Å². The van der Waals surface area contributed by atoms with E-state index in [9.17, 15) is 49.0 Å². The normalized spacial score (nSPS) is 15.7. The molecule has 2 aliphatic rings. The first-order valence-corrected chi connectivity index (χ1v) is 20.7. The van der Waals surface area contributed by atoms with Crippen molar-refractivity contribution in [3.05, 3.63) is 143 Å². The van der Waals surface area contributed by atoms with Gasteiger partial charge in [-0.05, 0) is 73.2 Å². The van der Waals surface area contributed by atoms with Crippen molar-refractivity contribution in [2.45, 2.75) is 87.6 Å². The van der Waals surface area contributed by atoms with Gasteiger partial charge >= 0.3 is 37.7 Å². The number of carbonyl (C=O) groups is 2. The van der Waals surface area contributed by atoms with Crippen LogP contribution < -0.4 is 10.2 Å². The van der Waals surface area contributed by atoms with Crippen molar-refractivity contribution >= 4 is 83.6 Å². The summed E-state index contributed by atoms with van der Waals surface area (Å²) < 4.78 is 27.1. The van der Waals surface area contributed by atoms with Crippen molar-refractivity contribution in [1.29, 1.82) is 0 Å². The number of aliphatic hydroxyl groups excluding tert-OH is 4. The first kappa shape index (κ1) is 47.6. The van der Waals surface area contributed by atoms with E-state index < -0.39 is 49.2 Å². The number of fused-ring (bicyclic) bond motifs is 2. The Balaban J connectivity index is 0.000000206. The molecule has 2 heterocycles. The monoisotopic (exact) mass is 880 g/mol. The third-order valence-electron chi connectivity index (χ3n) is 10.9. The second kappa shape index (κ2) is 21.6. The van der Waals surface area contributed by atoms with Gasteiger partial charge in [-0.25, -0.2) is 8.78 Å². The molecule has 2 aliphatic carbocycles. The van der Waals surface area contributed by atoms with E-state index in [0.717, 1.165) is 92.3 Å². The average Bonchev–Trinajstić information content (AvgIpc) is 4.17. The predicted molar refractivity (Wildman–Crippen MR) is 235 cm³/mol. The van der Waals surface area contributed by atoms with Crippen LogP contribution in [-0.2, 0) is 9.59 Å². The second-order valence-electron chi connectivity index (χ2n) is 16.0. The smallest absolute Gasteiger partial charge is 0.550 e. The number of rotatable bonds is 16. The van der Waals surface area contributed by atoms with Crippen molar-refractivity contribution in [3.8, 4) is 22.3 Å². The molecule has 0 radical (unpaired) electrons. The van der Waals surface area contributed by atoms with Gasteiger partial charge in [-0.3, -0.25) is 9.97 Å². The molecule has 0 unspecified atom stereocenters. The minimum Gasteiger partial charge on any atom is -0.550 e. The van der Waals surface area contributed by atoms with Gasteiger partial charge in [-0.1, -0.05) is 85.0 Å². The zero-order valence-electron chi connectivity index (χ0n) is 34.4. The maximum absolute atomic E-state index is 13.6. The minimum absolute atomic E-state index is 0. The van der Waals surface area contributed by atoms with Gasteiger partial charge in [0.2, 0.25) is 0 Å². The Hall–Kier alpha value is -4.92. The standard InChI is InChI=1S/2C25H24FNO4.Ca/c2*26-17-9-7-15(8-10-17)24-20-3-1-2-4-22(20)27-25(16-5-6-16)21(24)12-11-18(28)13-19(29)14-23(30)31;/h2*1-4,7-12,16,18-19,28-29H,5-6,13-14H2,(H,30,31);/q;;+2/p-2/b2*12-11+;/t2*18-,19+;/m00./s1. The van der Waals surface area contributed by atoms with Crippen LogP contribution in [0.5, 0.6) is 0 Å². The van der Waals surface area contributed by atoms with Crippen LogP contribution in [0.3, 0.4) is 0 Å². The van der Waals surface area contributed by atoms with E-state index >= 15 is 0 Å². The third kappa shape index (κ3) is 12.6. The van der Waals surface area contributed by atoms with Gasteiger partial charge in [0.15, 0.2) is 0 Å². The number of hydrogen-bond donors (Lipinski definition) is 4. The number of aromatic nitrogens is 2. The molecule has 0 saturated heterocycles. The largest absolute Gasteiger partial charge is 2.00 e. The molecule has 10 nitrogen and oxygen atoms in total. The zero-order valence-corrected chi connectivity index (χ0v) is 36.7. The molecule has 0 amide bonds. The maximum Gasteiger partial charge on any atom is 2.00 e. The molecule has 2 saturated carbocycles. The molecule has 6 aromatic rings. The molecule has 8 rings (SSSR count). The van der Waals surface area contributed by atoms with Gasteiger partial charge in [0.05, 0.1) is 46.8 Å². The first-order chi connectivity index (χ1) is 29.8. The number of aliphatic hydroxyl groups is 4. The number of pyridine rings is 2. The summed E-state index contributed by atoms with van der Waals surface area (Å²) in [6.45, 7) is 0. The van der Waals surface area contributed by atoms with Gasteiger partial charge in [0.1, 0.15) is 11.6 Å². The second-order valence-corrected chi connectivity index (χ2v) is 16.0. The number of carboxylic acid groups (broad SMARTS) is 2. The van der Waals surface area contributed by atoms with Crippen molar-refractivity contribution in [2.75, 3.05) is 0 Å². The van der Waals surface area contributed by atoms with Gasteiger partial charge in [0, 0.05) is 82.5 Å². The number of para-hydroxylation sites is 2. The van der Waals surface area contributed by atoms with E-state index in [4.69, 9.17) is 9.97 Å². The Kier molecular flexibility index (Phi) is 16.3. The van der Waals surface area contributed by atoms with Crippen molar-refractivity contribution in [2.24, 2.45) is 0 Å². The Bertz CT molecular complexity index is 2430. The van der Waals surface area contributed by atoms with Crippen LogP contribution in [-0.4, -0.2) is 104 Å². The summed E-state index contributed by atoms with van der Waals surface area (Å²) in [5, 5.41) is 63.3. The molecular weight excluding hydrogens is 835 g/mol. The topological polar surface area (TPSA) is 187 Å². The van der Waals surface area contributed by atoms with Crippen molar-refractivity contribution in [1.82, 2.24) is 9.97 Å². The fourth-order valence-electron chi connectivity index (χ4n) is 7.70. The minimum atomic E-state index is -1.36. The van der Waals surface area contributed by atoms with Crippen LogP contribution in [0.15, 0.2) is 109 Å². The maximum atomic E-state index is 13.6. The van der Waals surface area contributed by atoms with E-state index in [1.807, 2.05) is 48.5 Å². The van der Waals surface area contributed by atoms with Gasteiger partial charge in [-0.15, -0.1) is 0 Å². The molecule has 4 aromatic carbocycles. The SMILES string of the molecule is O=C([O-])C[C@H](O)C[C@@H](O)/C=C/c1c(C2CC2)nc2ccccc2c1-c1ccc(F)cc1.O=C([O-])C[C@H](O)C[C@@H](O)/C=C/c1c(C2CC2)nc2ccccc2c1-c1ccc(F)cc1.[Ca+2]. The Labute approximate surface area is 393 Å². The molecule has 320 valence electrons. The summed E-state index contributed by atoms with van der Waals surface area (Å²) >= 11 is 0. The number of hydrogen-bond acceptors (Lipinski definition) is 10. The van der Waals surface area contributed by atoms with E-state index in [-0.39, 0.29) is 62.2 Å². The van der Waals surface area contributed by atoms with Gasteiger partial charge < -0.3 is 40.2 Å². The van der Waals surface area contributed by atoms with Crippen LogP contribution in [0.1, 0.15) is 85.7 Å². The Morgan fingerprint density at radius 3 is 1.27 bits per heavy atom. The van der Waals surface area contributed by atoms with Crippen molar-refractivity contribution < 1.29 is 49.0 Å². The van der Waals surface area contributed by atoms with Crippen LogP contribution in [0.2, 0.25) is 0 Å². The van der Waals surface area contributed by atoms with Crippen LogP contribution in [0, 0.1) is 11.6 Å². The fraction of sp³-hybridized carbons (Fsp3) is 0.280. The predicted octanol–water partition coefficient (Wildman–Crippen LogP) is 5.99. The number of carboxylic acids is 2. The molecule has 4 atom stereocenters. The molecule has 4 N–H and O–H groups in total. The third-order valence-corrected chi connectivity index (χ3v) is 10.9. The summed E-state index contributed by atoms with van der Waals surface area (Å²) in [5.74, 6) is -2.72. The summed E-state index contributed by atoms with van der Waals surface area (Å²) in [5.41, 5.74) is 8.76. The number of nitrogens with zero attached hydrogens (tertiary/aromatic N) is 2. The molecule has 0 bridgehead atoms. The molecular formula is C50H46CaF2N2O8. The molecule has 2 fully saturated rings. The molecule has 0 spiro atoms. The molecule has 63 heavy (non-hydrogen) atoms. The summed E-state index contributed by atoms with van der Waals surface area (Å²) in [6, 6.07) is 28.1. The van der Waals surface area contributed by atoms with E-state index in [2.05, 4.69) is 0 Å². The number of carbonyl (C=O) groups excluding carboxylic acids is 2. The zero-order chi connectivity index (χ0) is 43.9. The summed E-state index contributed by atoms with van der Waals surface area (Å²) in [6.07, 6.45) is 5.02.